The van der Waals surface area contributed by atoms with Gasteiger partial charge in [0.15, 0.2) is 11.6 Å². The van der Waals surface area contributed by atoms with Gasteiger partial charge in [0.2, 0.25) is 0 Å². The number of aliphatic hydroxyl groups excluding tert-OH is 2. The number of rotatable bonds is 15. The number of ether oxygens (including phenoxy) is 7. The molecule has 0 aromatic rings. The molecule has 11 heteroatoms. The lowest BCUT2D eigenvalue weighted by Gasteiger charge is -2.23. The summed E-state index contributed by atoms with van der Waals surface area (Å²) < 4.78 is 37.9. The smallest absolute Gasteiger partial charge is 0.305 e. The van der Waals surface area contributed by atoms with Gasteiger partial charge in [0.1, 0.15) is 18.0 Å². The molecule has 2 aliphatic heterocycles. The van der Waals surface area contributed by atoms with Crippen LogP contribution in [0, 0.1) is 0 Å². The SMILES string of the molecule is CCC(CO)OCC1COC(C)(CCC(C)=O)O1.COC(=O)CCC1(C)OCC(COCC(C)O)O1. The maximum Gasteiger partial charge on any atom is 0.305 e. The first-order chi connectivity index (χ1) is 16.9. The van der Waals surface area contributed by atoms with Crippen molar-refractivity contribution in [2.24, 2.45) is 0 Å². The van der Waals surface area contributed by atoms with Crippen molar-refractivity contribution in [3.63, 3.8) is 0 Å². The van der Waals surface area contributed by atoms with Crippen molar-refractivity contribution in [2.45, 2.75) is 103 Å². The van der Waals surface area contributed by atoms with E-state index >= 15 is 0 Å². The highest BCUT2D eigenvalue weighted by molar-refractivity contribution is 5.75. The standard InChI is InChI=1S/C13H24O5.C12H22O6/c1-4-11(7-14)16-8-12-9-17-13(3,18-12)6-5-10(2)15;1-9(13)6-16-7-10-8-17-12(2,18-10)5-4-11(14)15-3/h11-12,14H,4-9H2,1-3H3;9-10,13H,4-8H2,1-3H3. The fraction of sp³-hybridized carbons (Fsp3) is 0.920. The zero-order valence-corrected chi connectivity index (χ0v) is 22.7. The molecule has 11 nitrogen and oxygen atoms in total. The van der Waals surface area contributed by atoms with Crippen molar-refractivity contribution in [1.29, 1.82) is 0 Å². The highest BCUT2D eigenvalue weighted by Gasteiger charge is 2.38. The van der Waals surface area contributed by atoms with E-state index < -0.39 is 17.7 Å². The number of carbonyl (C=O) groups is 2. The Balaban J connectivity index is 0.000000360. The Labute approximate surface area is 214 Å². The van der Waals surface area contributed by atoms with Crippen LogP contribution in [-0.2, 0) is 42.7 Å². The van der Waals surface area contributed by atoms with Gasteiger partial charge in [0.25, 0.3) is 0 Å². The summed E-state index contributed by atoms with van der Waals surface area (Å²) in [7, 11) is 1.35. The second-order valence-electron chi connectivity index (χ2n) is 9.58. The summed E-state index contributed by atoms with van der Waals surface area (Å²) in [4.78, 5) is 22.0. The molecule has 6 atom stereocenters. The van der Waals surface area contributed by atoms with Crippen molar-refractivity contribution in [2.75, 3.05) is 46.8 Å². The van der Waals surface area contributed by atoms with E-state index in [4.69, 9.17) is 38.6 Å². The monoisotopic (exact) mass is 522 g/mol. The predicted molar refractivity (Wildman–Crippen MR) is 129 cm³/mol. The quantitative estimate of drug-likeness (QED) is 0.304. The van der Waals surface area contributed by atoms with Crippen molar-refractivity contribution in [1.82, 2.24) is 0 Å². The number of hydrogen-bond donors (Lipinski definition) is 2. The Morgan fingerprint density at radius 1 is 1.03 bits per heavy atom. The Kier molecular flexibility index (Phi) is 15.2. The molecule has 2 saturated heterocycles. The van der Waals surface area contributed by atoms with E-state index in [0.717, 1.165) is 6.42 Å². The van der Waals surface area contributed by atoms with Crippen LogP contribution in [0.1, 0.15) is 66.7 Å². The van der Waals surface area contributed by atoms with Gasteiger partial charge in [-0.15, -0.1) is 0 Å². The van der Waals surface area contributed by atoms with Crippen molar-refractivity contribution >= 4 is 11.8 Å². The lowest BCUT2D eigenvalue weighted by molar-refractivity contribution is -0.171. The molecule has 2 rings (SSSR count). The number of Topliss-reactive ketones (excluding diaryl/α,β-unsaturated/α-hetero) is 1. The predicted octanol–water partition coefficient (Wildman–Crippen LogP) is 1.74. The first-order valence-electron chi connectivity index (χ1n) is 12.6. The molecular weight excluding hydrogens is 476 g/mol. The molecule has 212 valence electrons. The minimum atomic E-state index is -0.757. The normalized spacial score (nSPS) is 29.3. The lowest BCUT2D eigenvalue weighted by Crippen LogP contribution is -2.30. The summed E-state index contributed by atoms with van der Waals surface area (Å²) >= 11 is 0. The number of carbonyl (C=O) groups excluding carboxylic acids is 2. The lowest BCUT2D eigenvalue weighted by atomic mass is 10.1. The molecule has 6 unspecified atom stereocenters. The summed E-state index contributed by atoms with van der Waals surface area (Å²) in [5.41, 5.74) is 0. The molecule has 0 spiro atoms. The average Bonchev–Trinajstić information content (AvgIpc) is 3.40. The van der Waals surface area contributed by atoms with Gasteiger partial charge in [-0.25, -0.2) is 0 Å². The molecule has 0 radical (unpaired) electrons. The minimum absolute atomic E-state index is 0.0195. The molecule has 2 heterocycles. The van der Waals surface area contributed by atoms with Crippen LogP contribution in [0.2, 0.25) is 0 Å². The Hall–Kier alpha value is -1.18. The second kappa shape index (κ2) is 16.6. The van der Waals surface area contributed by atoms with E-state index in [1.54, 1.807) is 20.8 Å². The van der Waals surface area contributed by atoms with Gasteiger partial charge >= 0.3 is 5.97 Å². The van der Waals surface area contributed by atoms with E-state index in [1.807, 2.05) is 13.8 Å². The molecule has 0 aromatic heterocycles. The van der Waals surface area contributed by atoms with Crippen molar-refractivity contribution < 1.29 is 53.0 Å². The zero-order chi connectivity index (χ0) is 27.2. The molecule has 0 amide bonds. The minimum Gasteiger partial charge on any atom is -0.469 e. The maximum absolute atomic E-state index is 11.1. The fourth-order valence-corrected chi connectivity index (χ4v) is 3.55. The number of ketones is 1. The van der Waals surface area contributed by atoms with E-state index in [0.29, 0.717) is 45.7 Å². The number of esters is 1. The van der Waals surface area contributed by atoms with Gasteiger partial charge in [-0.05, 0) is 34.1 Å². The first-order valence-corrected chi connectivity index (χ1v) is 12.6. The Morgan fingerprint density at radius 2 is 1.58 bits per heavy atom. The van der Waals surface area contributed by atoms with E-state index in [2.05, 4.69) is 4.74 Å². The summed E-state index contributed by atoms with van der Waals surface area (Å²) in [5, 5.41) is 18.1. The third-order valence-electron chi connectivity index (χ3n) is 5.76. The summed E-state index contributed by atoms with van der Waals surface area (Å²) in [6.45, 7) is 10.8. The van der Waals surface area contributed by atoms with Gasteiger partial charge in [-0.3, -0.25) is 4.79 Å². The van der Waals surface area contributed by atoms with Crippen LogP contribution in [0.3, 0.4) is 0 Å². The zero-order valence-electron chi connectivity index (χ0n) is 22.7. The third-order valence-corrected chi connectivity index (χ3v) is 5.76. The van der Waals surface area contributed by atoms with Crippen LogP contribution in [0.25, 0.3) is 0 Å². The number of methoxy groups -OCH3 is 1. The molecule has 0 bridgehead atoms. The Morgan fingerprint density at radius 3 is 2.06 bits per heavy atom. The summed E-state index contributed by atoms with van der Waals surface area (Å²) in [6, 6.07) is 0. The van der Waals surface area contributed by atoms with Gasteiger partial charge in [-0.1, -0.05) is 6.92 Å². The molecular formula is C25H46O11. The van der Waals surface area contributed by atoms with Crippen molar-refractivity contribution in [3.05, 3.63) is 0 Å². The topological polar surface area (TPSA) is 139 Å². The van der Waals surface area contributed by atoms with Gasteiger partial charge in [0.05, 0.1) is 65.4 Å². The van der Waals surface area contributed by atoms with Gasteiger partial charge in [0, 0.05) is 19.3 Å². The third kappa shape index (κ3) is 13.4. The number of hydrogen-bond acceptors (Lipinski definition) is 11. The van der Waals surface area contributed by atoms with E-state index in [9.17, 15) is 9.59 Å². The molecule has 2 aliphatic rings. The second-order valence-corrected chi connectivity index (χ2v) is 9.58. The molecule has 0 aromatic carbocycles. The van der Waals surface area contributed by atoms with E-state index in [-0.39, 0.29) is 49.7 Å². The number of aliphatic hydroxyl groups is 2. The highest BCUT2D eigenvalue weighted by Crippen LogP contribution is 2.29. The van der Waals surface area contributed by atoms with Gasteiger partial charge in [-0.2, -0.15) is 0 Å². The largest absolute Gasteiger partial charge is 0.469 e. The van der Waals surface area contributed by atoms with Crippen LogP contribution in [0.15, 0.2) is 0 Å². The Bertz CT molecular complexity index is 639. The average molecular weight is 523 g/mol. The van der Waals surface area contributed by atoms with Gasteiger partial charge < -0.3 is 48.2 Å². The molecule has 2 fully saturated rings. The van der Waals surface area contributed by atoms with Crippen molar-refractivity contribution in [3.8, 4) is 0 Å². The van der Waals surface area contributed by atoms with Crippen LogP contribution in [-0.4, -0.2) is 105 Å². The van der Waals surface area contributed by atoms with Crippen LogP contribution >= 0.6 is 0 Å². The molecule has 2 N–H and O–H groups in total. The highest BCUT2D eigenvalue weighted by atomic mass is 16.8. The molecule has 0 aliphatic carbocycles. The molecule has 0 saturated carbocycles. The van der Waals surface area contributed by atoms with Crippen LogP contribution in [0.5, 0.6) is 0 Å². The maximum atomic E-state index is 11.1. The first kappa shape index (κ1) is 32.8. The van der Waals surface area contributed by atoms with Crippen LogP contribution < -0.4 is 0 Å². The fourth-order valence-electron chi connectivity index (χ4n) is 3.55. The van der Waals surface area contributed by atoms with Crippen LogP contribution in [0.4, 0.5) is 0 Å². The summed E-state index contributed by atoms with van der Waals surface area (Å²) in [6.07, 6.45) is 1.59. The molecule has 36 heavy (non-hydrogen) atoms. The van der Waals surface area contributed by atoms with E-state index in [1.165, 1.54) is 7.11 Å². The summed E-state index contributed by atoms with van der Waals surface area (Å²) in [5.74, 6) is -1.58.